The number of rotatable bonds is 10. The van der Waals surface area contributed by atoms with E-state index < -0.39 is 11.2 Å². The number of aryl methyl sites for hydroxylation is 1. The molecule has 0 aliphatic rings. The average molecular weight is 440 g/mol. The van der Waals surface area contributed by atoms with Crippen molar-refractivity contribution in [1.82, 2.24) is 14.9 Å². The highest BCUT2D eigenvalue weighted by atomic mass is 16.5. The van der Waals surface area contributed by atoms with Crippen molar-refractivity contribution >= 4 is 16.8 Å². The Bertz CT molecular complexity index is 1180. The van der Waals surface area contributed by atoms with Crippen LogP contribution in [0.2, 0.25) is 0 Å². The number of amides is 1. The number of nitrogens with one attached hydrogen (secondary N) is 2. The number of carbonyl (C=O) groups excluding carboxylic acids is 1. The maximum atomic E-state index is 12.8. The molecule has 1 amide bonds. The van der Waals surface area contributed by atoms with Crippen LogP contribution < -0.4 is 26.0 Å². The molecule has 0 bridgehead atoms. The maximum absolute atomic E-state index is 12.8. The number of aromatic nitrogens is 2. The Morgan fingerprint density at radius 3 is 2.47 bits per heavy atom. The van der Waals surface area contributed by atoms with Crippen LogP contribution in [0.1, 0.15) is 31.7 Å². The van der Waals surface area contributed by atoms with Crippen molar-refractivity contribution in [3.05, 3.63) is 68.9 Å². The van der Waals surface area contributed by atoms with Crippen LogP contribution in [0.3, 0.4) is 0 Å². The summed E-state index contributed by atoms with van der Waals surface area (Å²) in [5.74, 6) is 0.729. The van der Waals surface area contributed by atoms with Crippen LogP contribution in [0.15, 0.2) is 52.1 Å². The summed E-state index contributed by atoms with van der Waals surface area (Å²) < 4.78 is 11.6. The van der Waals surface area contributed by atoms with Crippen molar-refractivity contribution in [2.24, 2.45) is 0 Å². The molecule has 2 aromatic carbocycles. The van der Waals surface area contributed by atoms with Gasteiger partial charge in [0.25, 0.3) is 5.56 Å². The first-order valence-electron chi connectivity index (χ1n) is 10.6. The Kier molecular flexibility index (Phi) is 7.70. The number of nitrogens with zero attached hydrogens (tertiary/aromatic N) is 1. The third-order valence-corrected chi connectivity index (χ3v) is 5.39. The van der Waals surface area contributed by atoms with Gasteiger partial charge in [0.1, 0.15) is 0 Å². The smallest absolute Gasteiger partial charge is 0.328 e. The fraction of sp³-hybridized carbons (Fsp3) is 0.375. The van der Waals surface area contributed by atoms with E-state index in [1.807, 2.05) is 25.1 Å². The van der Waals surface area contributed by atoms with Crippen molar-refractivity contribution in [3.8, 4) is 11.5 Å². The summed E-state index contributed by atoms with van der Waals surface area (Å²) in [6.45, 7) is 2.12. The molecule has 8 nitrogen and oxygen atoms in total. The first kappa shape index (κ1) is 23.1. The van der Waals surface area contributed by atoms with Gasteiger partial charge in [-0.05, 0) is 37.8 Å². The number of ether oxygens (including phenoxy) is 2. The summed E-state index contributed by atoms with van der Waals surface area (Å²) >= 11 is 0. The Labute approximate surface area is 186 Å². The van der Waals surface area contributed by atoms with Gasteiger partial charge in [-0.2, -0.15) is 0 Å². The molecule has 0 aliphatic heterocycles. The molecule has 1 aromatic heterocycles. The Hall–Kier alpha value is -3.55. The van der Waals surface area contributed by atoms with E-state index >= 15 is 0 Å². The van der Waals surface area contributed by atoms with Crippen LogP contribution in [0.5, 0.6) is 11.5 Å². The molecule has 0 aliphatic carbocycles. The second-order valence-electron chi connectivity index (χ2n) is 7.74. The minimum Gasteiger partial charge on any atom is -0.493 e. The predicted octanol–water partition coefficient (Wildman–Crippen LogP) is 2.62. The third-order valence-electron chi connectivity index (χ3n) is 5.39. The lowest BCUT2D eigenvalue weighted by Crippen LogP contribution is -2.36. The fourth-order valence-corrected chi connectivity index (χ4v) is 3.63. The van der Waals surface area contributed by atoms with Gasteiger partial charge in [0, 0.05) is 25.1 Å². The van der Waals surface area contributed by atoms with Crippen molar-refractivity contribution < 1.29 is 14.3 Å². The van der Waals surface area contributed by atoms with Crippen molar-refractivity contribution in [1.29, 1.82) is 0 Å². The fourth-order valence-electron chi connectivity index (χ4n) is 3.63. The molecule has 0 spiro atoms. The number of benzene rings is 2. The van der Waals surface area contributed by atoms with E-state index in [-0.39, 0.29) is 24.9 Å². The van der Waals surface area contributed by atoms with E-state index in [2.05, 4.69) is 22.4 Å². The monoisotopic (exact) mass is 439 g/mol. The Balaban J connectivity index is 1.59. The molecular weight excluding hydrogens is 410 g/mol. The summed E-state index contributed by atoms with van der Waals surface area (Å²) in [5, 5.41) is 3.30. The van der Waals surface area contributed by atoms with Gasteiger partial charge < -0.3 is 19.8 Å². The molecule has 0 saturated heterocycles. The number of hydrogen-bond acceptors (Lipinski definition) is 5. The topological polar surface area (TPSA) is 102 Å². The SMILES string of the molecule is COc1cc2[nH]c(=O)n(CCCC(=O)N[C@@H](C)CCc3ccccc3)c(=O)c2cc1OC. The zero-order valence-electron chi connectivity index (χ0n) is 18.6. The lowest BCUT2D eigenvalue weighted by atomic mass is 10.1. The molecule has 3 aromatic rings. The summed E-state index contributed by atoms with van der Waals surface area (Å²) in [7, 11) is 2.96. The largest absolute Gasteiger partial charge is 0.493 e. The van der Waals surface area contributed by atoms with Gasteiger partial charge in [-0.15, -0.1) is 0 Å². The molecular formula is C24H29N3O5. The molecule has 0 radical (unpaired) electrons. The molecule has 0 unspecified atom stereocenters. The van der Waals surface area contributed by atoms with E-state index in [0.717, 1.165) is 17.4 Å². The van der Waals surface area contributed by atoms with E-state index in [0.29, 0.717) is 28.8 Å². The quantitative estimate of drug-likeness (QED) is 0.506. The van der Waals surface area contributed by atoms with Crippen LogP contribution in [0, 0.1) is 0 Å². The van der Waals surface area contributed by atoms with Gasteiger partial charge >= 0.3 is 5.69 Å². The Morgan fingerprint density at radius 1 is 1.09 bits per heavy atom. The average Bonchev–Trinajstić information content (AvgIpc) is 2.79. The van der Waals surface area contributed by atoms with Crippen LogP contribution in [0.4, 0.5) is 0 Å². The third kappa shape index (κ3) is 5.57. The zero-order chi connectivity index (χ0) is 23.1. The molecule has 1 heterocycles. The Morgan fingerprint density at radius 2 is 1.78 bits per heavy atom. The van der Waals surface area contributed by atoms with Crippen LogP contribution in [-0.2, 0) is 17.8 Å². The highest BCUT2D eigenvalue weighted by Crippen LogP contribution is 2.29. The van der Waals surface area contributed by atoms with Crippen molar-refractivity contribution in [3.63, 3.8) is 0 Å². The lowest BCUT2D eigenvalue weighted by molar-refractivity contribution is -0.121. The molecule has 1 atom stereocenters. The summed E-state index contributed by atoms with van der Waals surface area (Å²) in [6, 6.07) is 13.3. The molecule has 170 valence electrons. The van der Waals surface area contributed by atoms with E-state index in [1.165, 1.54) is 19.8 Å². The first-order valence-corrected chi connectivity index (χ1v) is 10.6. The van der Waals surface area contributed by atoms with Gasteiger partial charge in [0.2, 0.25) is 5.91 Å². The summed E-state index contributed by atoms with van der Waals surface area (Å²) in [6.07, 6.45) is 2.33. The van der Waals surface area contributed by atoms with Crippen molar-refractivity contribution in [2.75, 3.05) is 14.2 Å². The van der Waals surface area contributed by atoms with Crippen LogP contribution >= 0.6 is 0 Å². The second kappa shape index (κ2) is 10.7. The number of fused-ring (bicyclic) bond motifs is 1. The number of H-pyrrole nitrogens is 1. The first-order chi connectivity index (χ1) is 15.4. The maximum Gasteiger partial charge on any atom is 0.328 e. The number of carbonyl (C=O) groups is 1. The van der Waals surface area contributed by atoms with E-state index in [9.17, 15) is 14.4 Å². The summed E-state index contributed by atoms with van der Waals surface area (Å²) in [4.78, 5) is 40.2. The van der Waals surface area contributed by atoms with E-state index in [1.54, 1.807) is 12.1 Å². The predicted molar refractivity (Wildman–Crippen MR) is 124 cm³/mol. The number of aromatic amines is 1. The van der Waals surface area contributed by atoms with Gasteiger partial charge in [-0.25, -0.2) is 4.79 Å². The molecule has 2 N–H and O–H groups in total. The second-order valence-corrected chi connectivity index (χ2v) is 7.74. The van der Waals surface area contributed by atoms with Crippen molar-refractivity contribution in [2.45, 2.75) is 45.2 Å². The number of methoxy groups -OCH3 is 2. The summed E-state index contributed by atoms with van der Waals surface area (Å²) in [5.41, 5.74) is 0.657. The molecule has 8 heteroatoms. The van der Waals surface area contributed by atoms with Gasteiger partial charge in [-0.1, -0.05) is 30.3 Å². The standard InChI is InChI=1S/C24H29N3O5/c1-16(11-12-17-8-5-4-6-9-17)25-22(28)10-7-13-27-23(29)18-14-20(31-2)21(32-3)15-19(18)26-24(27)30/h4-6,8-9,14-16H,7,10-13H2,1-3H3,(H,25,28)(H,26,30)/t16-/m0/s1. The highest BCUT2D eigenvalue weighted by molar-refractivity contribution is 5.81. The van der Waals surface area contributed by atoms with Crippen LogP contribution in [0.25, 0.3) is 10.9 Å². The molecule has 3 rings (SSSR count). The molecule has 0 saturated carbocycles. The van der Waals surface area contributed by atoms with Crippen LogP contribution in [-0.4, -0.2) is 35.7 Å². The van der Waals surface area contributed by atoms with Gasteiger partial charge in [0.05, 0.1) is 25.1 Å². The molecule has 32 heavy (non-hydrogen) atoms. The molecule has 0 fully saturated rings. The van der Waals surface area contributed by atoms with E-state index in [4.69, 9.17) is 9.47 Å². The minimum absolute atomic E-state index is 0.0388. The zero-order valence-corrected chi connectivity index (χ0v) is 18.6. The van der Waals surface area contributed by atoms with Gasteiger partial charge in [0.15, 0.2) is 11.5 Å². The van der Waals surface area contributed by atoms with Gasteiger partial charge in [-0.3, -0.25) is 14.2 Å². The highest BCUT2D eigenvalue weighted by Gasteiger charge is 2.14. The lowest BCUT2D eigenvalue weighted by Gasteiger charge is -2.14. The number of hydrogen-bond donors (Lipinski definition) is 2. The minimum atomic E-state index is -0.522. The normalized spacial score (nSPS) is 11.8.